The van der Waals surface area contributed by atoms with E-state index in [4.69, 9.17) is 0 Å². The van der Waals surface area contributed by atoms with E-state index in [9.17, 15) is 13.2 Å². The maximum atomic E-state index is 12.4. The molecule has 1 saturated heterocycles. The highest BCUT2D eigenvalue weighted by atomic mass is 32.2. The number of amides is 1. The van der Waals surface area contributed by atoms with Crippen molar-refractivity contribution in [1.29, 1.82) is 0 Å². The molecule has 1 aliphatic rings. The standard InChI is InChI=1S/C18H28N2O3S/c1-3-17(4-2)19-18(21)16-10-8-15(9-11-16)14-24(22,23)20-12-6-5-7-13-20/h8-11,17H,3-7,12-14H2,1-2H3,(H,19,21). The third kappa shape index (κ3) is 5.05. The van der Waals surface area contributed by atoms with Crippen molar-refractivity contribution >= 4 is 15.9 Å². The number of benzene rings is 1. The summed E-state index contributed by atoms with van der Waals surface area (Å²) >= 11 is 0. The summed E-state index contributed by atoms with van der Waals surface area (Å²) in [6, 6.07) is 7.07. The second-order valence-electron chi connectivity index (χ2n) is 6.40. The van der Waals surface area contributed by atoms with Crippen LogP contribution in [0.25, 0.3) is 0 Å². The van der Waals surface area contributed by atoms with Gasteiger partial charge in [-0.3, -0.25) is 4.79 Å². The number of hydrogen-bond donors (Lipinski definition) is 1. The minimum atomic E-state index is -3.26. The van der Waals surface area contributed by atoms with Crippen molar-refractivity contribution in [1.82, 2.24) is 9.62 Å². The van der Waals surface area contributed by atoms with Crippen molar-refractivity contribution in [2.45, 2.75) is 57.7 Å². The molecule has 134 valence electrons. The summed E-state index contributed by atoms with van der Waals surface area (Å²) in [6.07, 6.45) is 4.78. The Morgan fingerprint density at radius 3 is 2.21 bits per heavy atom. The Kier molecular flexibility index (Phi) is 6.80. The summed E-state index contributed by atoms with van der Waals surface area (Å²) < 4.78 is 26.5. The quantitative estimate of drug-likeness (QED) is 0.820. The number of sulfonamides is 1. The van der Waals surface area contributed by atoms with Gasteiger partial charge in [0, 0.05) is 24.7 Å². The molecule has 5 nitrogen and oxygen atoms in total. The molecular weight excluding hydrogens is 324 g/mol. The van der Waals surface area contributed by atoms with Gasteiger partial charge < -0.3 is 5.32 Å². The molecule has 0 aromatic heterocycles. The van der Waals surface area contributed by atoms with Crippen LogP contribution in [0.5, 0.6) is 0 Å². The highest BCUT2D eigenvalue weighted by Gasteiger charge is 2.24. The van der Waals surface area contributed by atoms with Crippen LogP contribution in [-0.4, -0.2) is 37.8 Å². The Bertz CT molecular complexity index is 631. The molecule has 0 atom stereocenters. The van der Waals surface area contributed by atoms with Crippen LogP contribution in [0.1, 0.15) is 61.9 Å². The van der Waals surface area contributed by atoms with Gasteiger partial charge in [-0.25, -0.2) is 12.7 Å². The van der Waals surface area contributed by atoms with Crippen molar-refractivity contribution in [3.05, 3.63) is 35.4 Å². The minimum Gasteiger partial charge on any atom is -0.349 e. The summed E-state index contributed by atoms with van der Waals surface area (Å²) in [6.45, 7) is 5.34. The highest BCUT2D eigenvalue weighted by Crippen LogP contribution is 2.17. The fourth-order valence-electron chi connectivity index (χ4n) is 2.96. The zero-order chi connectivity index (χ0) is 17.6. The molecule has 0 spiro atoms. The molecule has 0 radical (unpaired) electrons. The van der Waals surface area contributed by atoms with Gasteiger partial charge >= 0.3 is 0 Å². The van der Waals surface area contributed by atoms with E-state index >= 15 is 0 Å². The van der Waals surface area contributed by atoms with Gasteiger partial charge in [0.2, 0.25) is 10.0 Å². The normalized spacial score (nSPS) is 16.3. The lowest BCUT2D eigenvalue weighted by Gasteiger charge is -2.25. The Morgan fingerprint density at radius 1 is 1.08 bits per heavy atom. The van der Waals surface area contributed by atoms with Gasteiger partial charge in [0.1, 0.15) is 0 Å². The molecule has 0 unspecified atom stereocenters. The predicted octanol–water partition coefficient (Wildman–Crippen LogP) is 2.92. The van der Waals surface area contributed by atoms with E-state index in [1.54, 1.807) is 28.6 Å². The molecule has 1 amide bonds. The molecule has 1 aromatic carbocycles. The molecule has 1 fully saturated rings. The minimum absolute atomic E-state index is 0.00143. The maximum absolute atomic E-state index is 12.4. The fraction of sp³-hybridized carbons (Fsp3) is 0.611. The number of nitrogens with zero attached hydrogens (tertiary/aromatic N) is 1. The smallest absolute Gasteiger partial charge is 0.251 e. The molecule has 1 heterocycles. The van der Waals surface area contributed by atoms with Gasteiger partial charge in [-0.15, -0.1) is 0 Å². The maximum Gasteiger partial charge on any atom is 0.251 e. The van der Waals surface area contributed by atoms with Crippen molar-refractivity contribution in [2.24, 2.45) is 0 Å². The van der Waals surface area contributed by atoms with Gasteiger partial charge in [-0.05, 0) is 43.4 Å². The van der Waals surface area contributed by atoms with E-state index in [2.05, 4.69) is 5.32 Å². The van der Waals surface area contributed by atoms with Crippen LogP contribution in [0.15, 0.2) is 24.3 Å². The van der Waals surface area contributed by atoms with Crippen LogP contribution in [0.2, 0.25) is 0 Å². The zero-order valence-corrected chi connectivity index (χ0v) is 15.4. The molecule has 0 saturated carbocycles. The summed E-state index contributed by atoms with van der Waals surface area (Å²) in [5, 5.41) is 2.99. The number of piperidine rings is 1. The molecule has 1 aliphatic heterocycles. The summed E-state index contributed by atoms with van der Waals surface area (Å²) in [5.41, 5.74) is 1.29. The monoisotopic (exact) mass is 352 g/mol. The lowest BCUT2D eigenvalue weighted by Crippen LogP contribution is -2.36. The Balaban J connectivity index is 2.00. The number of carbonyl (C=O) groups excluding carboxylic acids is 1. The second-order valence-corrected chi connectivity index (χ2v) is 8.37. The van der Waals surface area contributed by atoms with Crippen molar-refractivity contribution < 1.29 is 13.2 Å². The first-order valence-electron chi connectivity index (χ1n) is 8.84. The average molecular weight is 353 g/mol. The average Bonchev–Trinajstić information content (AvgIpc) is 2.60. The highest BCUT2D eigenvalue weighted by molar-refractivity contribution is 7.88. The molecular formula is C18H28N2O3S. The van der Waals surface area contributed by atoms with Gasteiger partial charge in [0.05, 0.1) is 5.75 Å². The van der Waals surface area contributed by atoms with E-state index in [1.807, 2.05) is 13.8 Å². The van der Waals surface area contributed by atoms with E-state index in [-0.39, 0.29) is 17.7 Å². The molecule has 6 heteroatoms. The largest absolute Gasteiger partial charge is 0.349 e. The van der Waals surface area contributed by atoms with Crippen molar-refractivity contribution in [2.75, 3.05) is 13.1 Å². The SMILES string of the molecule is CCC(CC)NC(=O)c1ccc(CS(=O)(=O)N2CCCCC2)cc1. The van der Waals surface area contributed by atoms with Crippen molar-refractivity contribution in [3.63, 3.8) is 0 Å². The lowest BCUT2D eigenvalue weighted by atomic mass is 10.1. The third-order valence-corrected chi connectivity index (χ3v) is 6.44. The second kappa shape index (κ2) is 8.62. The van der Waals surface area contributed by atoms with Crippen LogP contribution < -0.4 is 5.32 Å². The molecule has 1 N–H and O–H groups in total. The Hall–Kier alpha value is -1.40. The van der Waals surface area contributed by atoms with Crippen LogP contribution in [0.3, 0.4) is 0 Å². The van der Waals surface area contributed by atoms with E-state index in [0.29, 0.717) is 18.7 Å². The topological polar surface area (TPSA) is 66.5 Å². The molecule has 0 aliphatic carbocycles. The van der Waals surface area contributed by atoms with Crippen LogP contribution in [0.4, 0.5) is 0 Å². The zero-order valence-electron chi connectivity index (χ0n) is 14.6. The summed E-state index contributed by atoms with van der Waals surface area (Å²) in [7, 11) is -3.26. The molecule has 2 rings (SSSR count). The van der Waals surface area contributed by atoms with E-state index in [0.717, 1.165) is 37.7 Å². The third-order valence-electron chi connectivity index (χ3n) is 4.59. The van der Waals surface area contributed by atoms with Crippen LogP contribution >= 0.6 is 0 Å². The van der Waals surface area contributed by atoms with Crippen LogP contribution in [-0.2, 0) is 15.8 Å². The number of carbonyl (C=O) groups is 1. The lowest BCUT2D eigenvalue weighted by molar-refractivity contribution is 0.0935. The van der Waals surface area contributed by atoms with Gasteiger partial charge in [0.15, 0.2) is 0 Å². The first kappa shape index (κ1) is 18.9. The molecule has 1 aromatic rings. The summed E-state index contributed by atoms with van der Waals surface area (Å²) in [5.74, 6) is -0.101. The van der Waals surface area contributed by atoms with E-state index < -0.39 is 10.0 Å². The fourth-order valence-corrected chi connectivity index (χ4v) is 4.57. The predicted molar refractivity (Wildman–Crippen MR) is 96.3 cm³/mol. The number of rotatable bonds is 7. The Morgan fingerprint density at radius 2 is 1.67 bits per heavy atom. The first-order chi connectivity index (χ1) is 11.5. The van der Waals surface area contributed by atoms with Crippen molar-refractivity contribution in [3.8, 4) is 0 Å². The first-order valence-corrected chi connectivity index (χ1v) is 10.4. The number of nitrogens with one attached hydrogen (secondary N) is 1. The summed E-state index contributed by atoms with van der Waals surface area (Å²) in [4.78, 5) is 12.2. The molecule has 0 bridgehead atoms. The van der Waals surface area contributed by atoms with Gasteiger partial charge in [0.25, 0.3) is 5.91 Å². The molecule has 24 heavy (non-hydrogen) atoms. The van der Waals surface area contributed by atoms with E-state index in [1.165, 1.54) is 0 Å². The van der Waals surface area contributed by atoms with Gasteiger partial charge in [-0.2, -0.15) is 0 Å². The Labute approximate surface area is 145 Å². The van der Waals surface area contributed by atoms with Crippen LogP contribution in [0, 0.1) is 0 Å². The number of hydrogen-bond acceptors (Lipinski definition) is 3. The van der Waals surface area contributed by atoms with Gasteiger partial charge in [-0.1, -0.05) is 32.4 Å².